The minimum absolute atomic E-state index is 0.00606. The first kappa shape index (κ1) is 14.5. The molecule has 0 radical (unpaired) electrons. The van der Waals surface area contributed by atoms with Crippen LogP contribution in [-0.2, 0) is 6.42 Å². The molecule has 2 aromatic rings. The Morgan fingerprint density at radius 1 is 1.30 bits per heavy atom. The van der Waals surface area contributed by atoms with Gasteiger partial charge in [0, 0.05) is 11.8 Å². The van der Waals surface area contributed by atoms with E-state index in [2.05, 4.69) is 42.5 Å². The van der Waals surface area contributed by atoms with Gasteiger partial charge in [0.25, 0.3) is 0 Å². The smallest absolute Gasteiger partial charge is 0.141 e. The Kier molecular flexibility index (Phi) is 4.71. The van der Waals surface area contributed by atoms with Crippen LogP contribution in [0.2, 0.25) is 0 Å². The summed E-state index contributed by atoms with van der Waals surface area (Å²) in [5, 5.41) is 0. The molecule has 20 heavy (non-hydrogen) atoms. The Bertz CT molecular complexity index is 584. The van der Waals surface area contributed by atoms with Gasteiger partial charge in [0.1, 0.15) is 5.75 Å². The number of hydrogen-bond donors (Lipinski definition) is 2. The van der Waals surface area contributed by atoms with Crippen molar-refractivity contribution in [2.24, 2.45) is 5.84 Å². The van der Waals surface area contributed by atoms with Crippen LogP contribution in [0.25, 0.3) is 0 Å². The van der Waals surface area contributed by atoms with Gasteiger partial charge in [-0.05, 0) is 37.5 Å². The van der Waals surface area contributed by atoms with Gasteiger partial charge in [0.2, 0.25) is 0 Å². The molecule has 0 spiro atoms. The molecule has 0 fully saturated rings. The minimum Gasteiger partial charge on any atom is -0.495 e. The number of hydrogen-bond acceptors (Lipinski definition) is 4. The van der Waals surface area contributed by atoms with Crippen molar-refractivity contribution >= 4 is 0 Å². The molecule has 1 unspecified atom stereocenters. The Balaban J connectivity index is 2.31. The third-order valence-electron chi connectivity index (χ3n) is 3.54. The van der Waals surface area contributed by atoms with Crippen LogP contribution in [0.4, 0.5) is 0 Å². The predicted molar refractivity (Wildman–Crippen MR) is 80.5 cm³/mol. The van der Waals surface area contributed by atoms with E-state index in [9.17, 15) is 0 Å². The van der Waals surface area contributed by atoms with E-state index in [0.717, 1.165) is 17.7 Å². The Morgan fingerprint density at radius 3 is 2.80 bits per heavy atom. The van der Waals surface area contributed by atoms with E-state index in [1.807, 2.05) is 6.07 Å². The number of nitrogens with one attached hydrogen (secondary N) is 1. The average Bonchev–Trinajstić information content (AvgIpc) is 2.48. The van der Waals surface area contributed by atoms with Crippen molar-refractivity contribution in [3.05, 3.63) is 58.9 Å². The van der Waals surface area contributed by atoms with Crippen molar-refractivity contribution < 1.29 is 4.74 Å². The number of rotatable bonds is 5. The second kappa shape index (κ2) is 6.50. The number of methoxy groups -OCH3 is 1. The summed E-state index contributed by atoms with van der Waals surface area (Å²) in [6.07, 6.45) is 4.28. The lowest BCUT2D eigenvalue weighted by Gasteiger charge is -2.20. The molecule has 1 aromatic heterocycles. The van der Waals surface area contributed by atoms with Gasteiger partial charge in [0.15, 0.2) is 0 Å². The van der Waals surface area contributed by atoms with E-state index in [-0.39, 0.29) is 6.04 Å². The Morgan fingerprint density at radius 2 is 2.10 bits per heavy atom. The lowest BCUT2D eigenvalue weighted by molar-refractivity contribution is 0.397. The second-order valence-corrected chi connectivity index (χ2v) is 4.97. The van der Waals surface area contributed by atoms with Crippen LogP contribution in [0.5, 0.6) is 5.75 Å². The number of aryl methyl sites for hydroxylation is 2. The number of nitrogens with zero attached hydrogens (tertiary/aromatic N) is 1. The summed E-state index contributed by atoms with van der Waals surface area (Å²) in [4.78, 5) is 4.08. The third-order valence-corrected chi connectivity index (χ3v) is 3.54. The number of hydrazine groups is 1. The lowest BCUT2D eigenvalue weighted by Crippen LogP contribution is -2.30. The predicted octanol–water partition coefficient (Wildman–Crippen LogP) is 2.45. The number of pyridine rings is 1. The van der Waals surface area contributed by atoms with Gasteiger partial charge in [-0.3, -0.25) is 16.3 Å². The molecule has 4 nitrogen and oxygen atoms in total. The van der Waals surface area contributed by atoms with Crippen molar-refractivity contribution in [1.29, 1.82) is 0 Å². The van der Waals surface area contributed by atoms with Gasteiger partial charge in [-0.15, -0.1) is 0 Å². The van der Waals surface area contributed by atoms with Crippen molar-refractivity contribution in [1.82, 2.24) is 10.4 Å². The lowest BCUT2D eigenvalue weighted by atomic mass is 9.95. The van der Waals surface area contributed by atoms with Gasteiger partial charge in [-0.25, -0.2) is 0 Å². The van der Waals surface area contributed by atoms with Crippen molar-refractivity contribution in [3.63, 3.8) is 0 Å². The highest BCUT2D eigenvalue weighted by atomic mass is 16.5. The molecule has 0 saturated carbocycles. The maximum Gasteiger partial charge on any atom is 0.141 e. The SMILES string of the molecule is COc1cnccc1C(Cc1cc(C)ccc1C)NN. The third kappa shape index (κ3) is 3.15. The minimum atomic E-state index is -0.00606. The van der Waals surface area contributed by atoms with Crippen LogP contribution in [0.3, 0.4) is 0 Å². The standard InChI is InChI=1S/C16H21N3O/c1-11-4-5-12(2)13(8-11)9-15(19-17)14-6-7-18-10-16(14)20-3/h4-8,10,15,19H,9,17H2,1-3H3. The summed E-state index contributed by atoms with van der Waals surface area (Å²) < 4.78 is 5.36. The summed E-state index contributed by atoms with van der Waals surface area (Å²) in [5.74, 6) is 6.49. The first-order chi connectivity index (χ1) is 9.65. The molecule has 1 heterocycles. The topological polar surface area (TPSA) is 60.2 Å². The highest BCUT2D eigenvalue weighted by molar-refractivity contribution is 5.36. The summed E-state index contributed by atoms with van der Waals surface area (Å²) in [5.41, 5.74) is 7.70. The van der Waals surface area contributed by atoms with Crippen LogP contribution < -0.4 is 16.0 Å². The number of aromatic nitrogens is 1. The molecular formula is C16H21N3O. The van der Waals surface area contributed by atoms with Crippen molar-refractivity contribution in [2.75, 3.05) is 7.11 Å². The first-order valence-corrected chi connectivity index (χ1v) is 6.66. The fourth-order valence-electron chi connectivity index (χ4n) is 2.35. The molecule has 0 aliphatic rings. The highest BCUT2D eigenvalue weighted by Crippen LogP contribution is 2.27. The van der Waals surface area contributed by atoms with E-state index in [1.54, 1.807) is 19.5 Å². The number of benzene rings is 1. The van der Waals surface area contributed by atoms with E-state index in [0.29, 0.717) is 0 Å². The zero-order valence-electron chi connectivity index (χ0n) is 12.2. The fourth-order valence-corrected chi connectivity index (χ4v) is 2.35. The van der Waals surface area contributed by atoms with Crippen LogP contribution in [0.15, 0.2) is 36.7 Å². The van der Waals surface area contributed by atoms with Gasteiger partial charge < -0.3 is 4.74 Å². The molecule has 0 aliphatic heterocycles. The average molecular weight is 271 g/mol. The second-order valence-electron chi connectivity index (χ2n) is 4.97. The zero-order valence-corrected chi connectivity index (χ0v) is 12.2. The van der Waals surface area contributed by atoms with Gasteiger partial charge >= 0.3 is 0 Å². The van der Waals surface area contributed by atoms with Gasteiger partial charge in [-0.1, -0.05) is 23.8 Å². The number of ether oxygens (including phenoxy) is 1. The molecule has 3 N–H and O–H groups in total. The molecular weight excluding hydrogens is 250 g/mol. The fraction of sp³-hybridized carbons (Fsp3) is 0.312. The molecule has 4 heteroatoms. The van der Waals surface area contributed by atoms with Crippen LogP contribution in [-0.4, -0.2) is 12.1 Å². The summed E-state index contributed by atoms with van der Waals surface area (Å²) in [6, 6.07) is 8.40. The van der Waals surface area contributed by atoms with Gasteiger partial charge in [0.05, 0.1) is 19.3 Å². The molecule has 0 bridgehead atoms. The number of nitrogens with two attached hydrogens (primary N) is 1. The molecule has 2 rings (SSSR count). The van der Waals surface area contributed by atoms with Crippen LogP contribution >= 0.6 is 0 Å². The summed E-state index contributed by atoms with van der Waals surface area (Å²) in [6.45, 7) is 4.22. The molecule has 0 saturated heterocycles. The van der Waals surface area contributed by atoms with Crippen LogP contribution in [0.1, 0.15) is 28.3 Å². The molecule has 1 aromatic carbocycles. The molecule has 0 amide bonds. The maximum absolute atomic E-state index is 5.74. The summed E-state index contributed by atoms with van der Waals surface area (Å²) >= 11 is 0. The van der Waals surface area contributed by atoms with Crippen LogP contribution in [0, 0.1) is 13.8 Å². The first-order valence-electron chi connectivity index (χ1n) is 6.66. The molecule has 106 valence electrons. The zero-order chi connectivity index (χ0) is 14.5. The van der Waals surface area contributed by atoms with E-state index in [1.165, 1.54) is 16.7 Å². The van der Waals surface area contributed by atoms with Crippen molar-refractivity contribution in [3.8, 4) is 5.75 Å². The van der Waals surface area contributed by atoms with E-state index < -0.39 is 0 Å². The molecule has 0 aliphatic carbocycles. The maximum atomic E-state index is 5.74. The van der Waals surface area contributed by atoms with E-state index >= 15 is 0 Å². The Hall–Kier alpha value is -1.91. The molecule has 1 atom stereocenters. The largest absolute Gasteiger partial charge is 0.495 e. The highest BCUT2D eigenvalue weighted by Gasteiger charge is 2.16. The Labute approximate surface area is 120 Å². The van der Waals surface area contributed by atoms with Gasteiger partial charge in [-0.2, -0.15) is 0 Å². The quantitative estimate of drug-likeness (QED) is 0.648. The monoisotopic (exact) mass is 271 g/mol. The normalized spacial score (nSPS) is 12.2. The van der Waals surface area contributed by atoms with E-state index in [4.69, 9.17) is 10.6 Å². The summed E-state index contributed by atoms with van der Waals surface area (Å²) in [7, 11) is 1.64. The van der Waals surface area contributed by atoms with Crippen molar-refractivity contribution in [2.45, 2.75) is 26.3 Å².